The predicted octanol–water partition coefficient (Wildman–Crippen LogP) is 4.30. The summed E-state index contributed by atoms with van der Waals surface area (Å²) >= 11 is 2.98. The van der Waals surface area contributed by atoms with E-state index in [1.54, 1.807) is 0 Å². The number of nitrogens with two attached hydrogens (primary N) is 1. The van der Waals surface area contributed by atoms with Gasteiger partial charge in [0.1, 0.15) is 0 Å². The Hall–Kier alpha value is -2.02. The molecule has 0 aliphatic heterocycles. The molecule has 0 saturated carbocycles. The molecule has 2 aromatic carbocycles. The van der Waals surface area contributed by atoms with Crippen molar-refractivity contribution in [3.63, 3.8) is 0 Å². The lowest BCUT2D eigenvalue weighted by Crippen LogP contribution is -2.16. The Bertz CT molecular complexity index is 669. The second-order valence-electron chi connectivity index (χ2n) is 4.26. The summed E-state index contributed by atoms with van der Waals surface area (Å²) in [5, 5.41) is 2.26. The number of nitrogens with one attached hydrogen (secondary N) is 1. The largest absolute Gasteiger partial charge is 0.418 e. The van der Waals surface area contributed by atoms with Gasteiger partial charge in [-0.1, -0.05) is 15.9 Å². The first-order chi connectivity index (χ1) is 9.77. The van der Waals surface area contributed by atoms with E-state index in [1.807, 2.05) is 0 Å². The molecule has 2 rings (SSSR count). The van der Waals surface area contributed by atoms with Crippen molar-refractivity contribution < 1.29 is 18.0 Å². The summed E-state index contributed by atoms with van der Waals surface area (Å²) < 4.78 is 39.1. The zero-order valence-corrected chi connectivity index (χ0v) is 12.1. The molecule has 0 unspecified atom stereocenters. The fraction of sp³-hybridized carbons (Fsp3) is 0.0714. The van der Waals surface area contributed by atoms with Gasteiger partial charge in [-0.3, -0.25) is 4.79 Å². The average molecular weight is 359 g/mol. The van der Waals surface area contributed by atoms with Crippen molar-refractivity contribution in [1.82, 2.24) is 0 Å². The van der Waals surface area contributed by atoms with Crippen molar-refractivity contribution in [2.45, 2.75) is 6.18 Å². The molecule has 3 nitrogen and oxygen atoms in total. The summed E-state index contributed by atoms with van der Waals surface area (Å²) in [4.78, 5) is 12.0. The second kappa shape index (κ2) is 5.77. The van der Waals surface area contributed by atoms with Gasteiger partial charge in [0.05, 0.1) is 11.3 Å². The first kappa shape index (κ1) is 15.4. The minimum absolute atomic E-state index is 0.222. The summed E-state index contributed by atoms with van der Waals surface area (Å²) in [6, 6.07) is 9.42. The van der Waals surface area contributed by atoms with Gasteiger partial charge in [-0.25, -0.2) is 0 Å². The van der Waals surface area contributed by atoms with E-state index in [0.29, 0.717) is 5.69 Å². The van der Waals surface area contributed by atoms with Crippen molar-refractivity contribution in [3.05, 3.63) is 58.1 Å². The van der Waals surface area contributed by atoms with Gasteiger partial charge in [-0.15, -0.1) is 0 Å². The Kier molecular flexibility index (Phi) is 4.22. The van der Waals surface area contributed by atoms with Gasteiger partial charge in [0, 0.05) is 15.7 Å². The van der Waals surface area contributed by atoms with Crippen LogP contribution >= 0.6 is 15.9 Å². The van der Waals surface area contributed by atoms with Crippen LogP contribution in [0.5, 0.6) is 0 Å². The van der Waals surface area contributed by atoms with Crippen LogP contribution in [0.25, 0.3) is 0 Å². The van der Waals surface area contributed by atoms with Crippen LogP contribution in [0.2, 0.25) is 0 Å². The van der Waals surface area contributed by atoms with Gasteiger partial charge in [-0.2, -0.15) is 13.2 Å². The van der Waals surface area contributed by atoms with Crippen molar-refractivity contribution in [2.24, 2.45) is 0 Å². The third-order valence-corrected chi connectivity index (χ3v) is 3.20. The number of nitrogen functional groups attached to an aromatic ring is 1. The molecule has 0 aromatic heterocycles. The van der Waals surface area contributed by atoms with E-state index in [2.05, 4.69) is 21.2 Å². The first-order valence-electron chi connectivity index (χ1n) is 5.81. The van der Waals surface area contributed by atoms with Gasteiger partial charge in [0.2, 0.25) is 0 Å². The molecule has 0 saturated heterocycles. The highest BCUT2D eigenvalue weighted by Crippen LogP contribution is 2.36. The van der Waals surface area contributed by atoms with Crippen LogP contribution in [-0.2, 0) is 6.18 Å². The third kappa shape index (κ3) is 3.75. The number of halogens is 4. The molecule has 1 amide bonds. The van der Waals surface area contributed by atoms with E-state index in [0.717, 1.165) is 6.07 Å². The number of amides is 1. The third-order valence-electron chi connectivity index (χ3n) is 2.71. The van der Waals surface area contributed by atoms with Crippen LogP contribution in [0.1, 0.15) is 15.9 Å². The molecule has 3 N–H and O–H groups in total. The van der Waals surface area contributed by atoms with Crippen LogP contribution in [0, 0.1) is 0 Å². The van der Waals surface area contributed by atoms with E-state index < -0.39 is 17.6 Å². The Morgan fingerprint density at radius 3 is 2.29 bits per heavy atom. The lowest BCUT2D eigenvalue weighted by Gasteiger charge is -2.14. The van der Waals surface area contributed by atoms with Crippen molar-refractivity contribution in [2.75, 3.05) is 11.1 Å². The molecule has 0 aliphatic rings. The van der Waals surface area contributed by atoms with Gasteiger partial charge >= 0.3 is 6.18 Å². The number of benzene rings is 2. The number of carbonyl (C=O) groups is 1. The summed E-state index contributed by atoms with van der Waals surface area (Å²) in [6.07, 6.45) is -4.56. The van der Waals surface area contributed by atoms with Gasteiger partial charge in [-0.05, 0) is 42.5 Å². The monoisotopic (exact) mass is 358 g/mol. The summed E-state index contributed by atoms with van der Waals surface area (Å²) in [5.74, 6) is -0.636. The fourth-order valence-corrected chi connectivity index (χ4v) is 2.05. The number of anilines is 2. The molecular formula is C14H10BrF3N2O. The van der Waals surface area contributed by atoms with E-state index >= 15 is 0 Å². The normalized spacial score (nSPS) is 11.2. The van der Waals surface area contributed by atoms with Crippen LogP contribution in [0.3, 0.4) is 0 Å². The SMILES string of the molecule is Nc1ccc(C(=O)Nc2ccc(Br)cc2C(F)(F)F)cc1. The molecule has 2 aromatic rings. The van der Waals surface area contributed by atoms with Crippen LogP contribution < -0.4 is 11.1 Å². The summed E-state index contributed by atoms with van der Waals surface area (Å²) in [7, 11) is 0. The van der Waals surface area contributed by atoms with Crippen molar-refractivity contribution in [3.8, 4) is 0 Å². The van der Waals surface area contributed by atoms with Gasteiger partial charge in [0.15, 0.2) is 0 Å². The zero-order chi connectivity index (χ0) is 15.6. The minimum atomic E-state index is -4.56. The second-order valence-corrected chi connectivity index (χ2v) is 5.18. The maximum atomic E-state index is 12.9. The fourth-order valence-electron chi connectivity index (χ4n) is 1.69. The maximum absolute atomic E-state index is 12.9. The van der Waals surface area contributed by atoms with E-state index in [-0.39, 0.29) is 15.7 Å². The molecule has 21 heavy (non-hydrogen) atoms. The Morgan fingerprint density at radius 1 is 1.10 bits per heavy atom. The molecule has 0 radical (unpaired) electrons. The van der Waals surface area contributed by atoms with E-state index in [4.69, 9.17) is 5.73 Å². The molecule has 0 heterocycles. The minimum Gasteiger partial charge on any atom is -0.399 e. The van der Waals surface area contributed by atoms with E-state index in [9.17, 15) is 18.0 Å². The number of carbonyl (C=O) groups excluding carboxylic acids is 1. The van der Waals surface area contributed by atoms with Crippen molar-refractivity contribution >= 4 is 33.2 Å². The molecule has 0 spiro atoms. The van der Waals surface area contributed by atoms with Crippen molar-refractivity contribution in [1.29, 1.82) is 0 Å². The highest BCUT2D eigenvalue weighted by molar-refractivity contribution is 9.10. The van der Waals surface area contributed by atoms with Crippen LogP contribution in [0.15, 0.2) is 46.9 Å². The maximum Gasteiger partial charge on any atom is 0.418 e. The first-order valence-corrected chi connectivity index (χ1v) is 6.60. The molecule has 7 heteroatoms. The molecule has 0 aliphatic carbocycles. The molecule has 0 atom stereocenters. The topological polar surface area (TPSA) is 55.1 Å². The van der Waals surface area contributed by atoms with Gasteiger partial charge < -0.3 is 11.1 Å². The summed E-state index contributed by atoms with van der Waals surface area (Å²) in [6.45, 7) is 0. The Balaban J connectivity index is 2.31. The predicted molar refractivity (Wildman–Crippen MR) is 78.0 cm³/mol. The molecule has 110 valence electrons. The number of hydrogen-bond acceptors (Lipinski definition) is 2. The molecular weight excluding hydrogens is 349 g/mol. The molecule has 0 bridgehead atoms. The number of alkyl halides is 3. The standard InChI is InChI=1S/C14H10BrF3N2O/c15-9-3-6-12(11(7-9)14(16,17)18)20-13(21)8-1-4-10(19)5-2-8/h1-7H,19H2,(H,20,21). The lowest BCUT2D eigenvalue weighted by atomic mass is 10.1. The smallest absolute Gasteiger partial charge is 0.399 e. The zero-order valence-electron chi connectivity index (χ0n) is 10.5. The highest BCUT2D eigenvalue weighted by atomic mass is 79.9. The summed E-state index contributed by atoms with van der Waals surface area (Å²) in [5.41, 5.74) is 4.96. The average Bonchev–Trinajstić information content (AvgIpc) is 2.40. The Labute approximate surface area is 127 Å². The van der Waals surface area contributed by atoms with Crippen LogP contribution in [0.4, 0.5) is 24.5 Å². The highest BCUT2D eigenvalue weighted by Gasteiger charge is 2.34. The number of rotatable bonds is 2. The van der Waals surface area contributed by atoms with Gasteiger partial charge in [0.25, 0.3) is 5.91 Å². The number of hydrogen-bond donors (Lipinski definition) is 2. The lowest BCUT2D eigenvalue weighted by molar-refractivity contribution is -0.136. The van der Waals surface area contributed by atoms with E-state index in [1.165, 1.54) is 36.4 Å². The van der Waals surface area contributed by atoms with Crippen LogP contribution in [-0.4, -0.2) is 5.91 Å². The Morgan fingerprint density at radius 2 is 1.71 bits per heavy atom. The quantitative estimate of drug-likeness (QED) is 0.786. The molecule has 0 fully saturated rings.